The molecule has 1 heterocycles. The molecule has 1 aromatic rings. The zero-order valence-corrected chi connectivity index (χ0v) is 9.57. The molecule has 0 unspecified atom stereocenters. The first-order valence-corrected chi connectivity index (χ1v) is 5.80. The van der Waals surface area contributed by atoms with Crippen LogP contribution < -0.4 is 10.6 Å². The second-order valence-corrected chi connectivity index (χ2v) is 4.17. The highest BCUT2D eigenvalue weighted by atomic mass is 16.2. The number of nitrogens with zero attached hydrogens (tertiary/aromatic N) is 1. The molecule has 4 nitrogen and oxygen atoms in total. The van der Waals surface area contributed by atoms with Gasteiger partial charge in [0, 0.05) is 5.69 Å². The van der Waals surface area contributed by atoms with Gasteiger partial charge in [0.15, 0.2) is 0 Å². The number of hydrogen-bond acceptors (Lipinski definition) is 3. The Morgan fingerprint density at radius 3 is 2.82 bits per heavy atom. The molecule has 1 fully saturated rings. The minimum absolute atomic E-state index is 0.0236. The Balaban J connectivity index is 1.94. The normalized spacial score (nSPS) is 18.6. The van der Waals surface area contributed by atoms with E-state index in [0.29, 0.717) is 6.42 Å². The molecule has 1 amide bonds. The summed E-state index contributed by atoms with van der Waals surface area (Å²) in [6, 6.07) is 9.42. The zero-order valence-electron chi connectivity index (χ0n) is 9.57. The van der Waals surface area contributed by atoms with Gasteiger partial charge in [-0.15, -0.1) is 0 Å². The van der Waals surface area contributed by atoms with Crippen LogP contribution in [0.1, 0.15) is 18.4 Å². The second-order valence-electron chi connectivity index (χ2n) is 4.17. The van der Waals surface area contributed by atoms with E-state index in [9.17, 15) is 4.79 Å². The Labute approximate surface area is 101 Å². The van der Waals surface area contributed by atoms with Crippen LogP contribution in [0.4, 0.5) is 5.69 Å². The van der Waals surface area contributed by atoms with Gasteiger partial charge in [0.1, 0.15) is 0 Å². The lowest BCUT2D eigenvalue weighted by atomic mass is 10.1. The average Bonchev–Trinajstić information content (AvgIpc) is 2.86. The Bertz CT molecular complexity index is 427. The van der Waals surface area contributed by atoms with Crippen LogP contribution >= 0.6 is 0 Å². The molecule has 0 saturated carbocycles. The summed E-state index contributed by atoms with van der Waals surface area (Å²) in [6.45, 7) is 0.916. The third-order valence-corrected chi connectivity index (χ3v) is 2.88. The monoisotopic (exact) mass is 229 g/mol. The predicted molar refractivity (Wildman–Crippen MR) is 65.4 cm³/mol. The molecule has 0 aliphatic carbocycles. The number of nitrogens with one attached hydrogen (secondary N) is 2. The van der Waals surface area contributed by atoms with E-state index >= 15 is 0 Å². The molecule has 0 aromatic heterocycles. The van der Waals surface area contributed by atoms with Crippen molar-refractivity contribution < 1.29 is 4.79 Å². The van der Waals surface area contributed by atoms with Crippen LogP contribution in [0.15, 0.2) is 24.3 Å². The van der Waals surface area contributed by atoms with E-state index in [-0.39, 0.29) is 11.9 Å². The van der Waals surface area contributed by atoms with Crippen LogP contribution in [0.2, 0.25) is 0 Å². The lowest BCUT2D eigenvalue weighted by Crippen LogP contribution is -2.35. The van der Waals surface area contributed by atoms with Crippen LogP contribution in [0.3, 0.4) is 0 Å². The number of nitriles is 1. The lowest BCUT2D eigenvalue weighted by Gasteiger charge is -2.11. The Morgan fingerprint density at radius 2 is 2.24 bits per heavy atom. The molecular formula is C13H15N3O. The largest absolute Gasteiger partial charge is 0.325 e. The van der Waals surface area contributed by atoms with Gasteiger partial charge in [0.05, 0.1) is 18.5 Å². The average molecular weight is 229 g/mol. The van der Waals surface area contributed by atoms with Gasteiger partial charge in [-0.25, -0.2) is 0 Å². The molecule has 1 aliphatic heterocycles. The maximum absolute atomic E-state index is 11.8. The summed E-state index contributed by atoms with van der Waals surface area (Å²) in [5.74, 6) is 0.0236. The van der Waals surface area contributed by atoms with E-state index in [1.807, 2.05) is 24.3 Å². The number of amides is 1. The van der Waals surface area contributed by atoms with Gasteiger partial charge in [-0.05, 0) is 37.1 Å². The fourth-order valence-electron chi connectivity index (χ4n) is 1.93. The van der Waals surface area contributed by atoms with Gasteiger partial charge < -0.3 is 10.6 Å². The molecule has 4 heteroatoms. The quantitative estimate of drug-likeness (QED) is 0.824. The fraction of sp³-hybridized carbons (Fsp3) is 0.385. The molecule has 88 valence electrons. The summed E-state index contributed by atoms with van der Waals surface area (Å²) in [6.07, 6.45) is 2.36. The van der Waals surface area contributed by atoms with Crippen LogP contribution in [0, 0.1) is 11.3 Å². The summed E-state index contributed by atoms with van der Waals surface area (Å²) in [5, 5.41) is 14.6. The molecule has 1 atom stereocenters. The predicted octanol–water partition coefficient (Wildman–Crippen LogP) is 1.44. The van der Waals surface area contributed by atoms with Crippen molar-refractivity contribution in [1.29, 1.82) is 5.26 Å². The molecule has 0 bridgehead atoms. The Morgan fingerprint density at radius 1 is 1.47 bits per heavy atom. The Hall–Kier alpha value is -1.86. The smallest absolute Gasteiger partial charge is 0.241 e. The molecule has 0 spiro atoms. The highest BCUT2D eigenvalue weighted by molar-refractivity contribution is 5.95. The van der Waals surface area contributed by atoms with Crippen LogP contribution in [0.5, 0.6) is 0 Å². The minimum atomic E-state index is -0.0613. The summed E-state index contributed by atoms with van der Waals surface area (Å²) in [4.78, 5) is 11.8. The van der Waals surface area contributed by atoms with Gasteiger partial charge in [-0.2, -0.15) is 5.26 Å². The van der Waals surface area contributed by atoms with Crippen molar-refractivity contribution in [3.05, 3.63) is 29.8 Å². The molecule has 0 radical (unpaired) electrons. The highest BCUT2D eigenvalue weighted by Crippen LogP contribution is 2.12. The standard InChI is InChI=1S/C13H15N3O/c14-8-7-10-3-5-11(6-4-10)16-13(17)12-2-1-9-15-12/h3-6,12,15H,1-2,7,9H2,(H,16,17)/t12-/m1/s1. The third kappa shape index (κ3) is 3.05. The van der Waals surface area contributed by atoms with Gasteiger partial charge in [0.2, 0.25) is 5.91 Å². The number of hydrogen-bond donors (Lipinski definition) is 2. The first-order chi connectivity index (χ1) is 8.29. The fourth-order valence-corrected chi connectivity index (χ4v) is 1.93. The lowest BCUT2D eigenvalue weighted by molar-refractivity contribution is -0.117. The van der Waals surface area contributed by atoms with Gasteiger partial charge in [-0.3, -0.25) is 4.79 Å². The van der Waals surface area contributed by atoms with Crippen LogP contribution in [-0.2, 0) is 11.2 Å². The van der Waals surface area contributed by atoms with Crippen molar-refractivity contribution in [3.8, 4) is 6.07 Å². The van der Waals surface area contributed by atoms with E-state index in [2.05, 4.69) is 16.7 Å². The SMILES string of the molecule is N#CCc1ccc(NC(=O)[C@H]2CCCN2)cc1. The molecule has 2 N–H and O–H groups in total. The topological polar surface area (TPSA) is 64.9 Å². The third-order valence-electron chi connectivity index (χ3n) is 2.88. The van der Waals surface area contributed by atoms with Crippen molar-refractivity contribution in [1.82, 2.24) is 5.32 Å². The maximum atomic E-state index is 11.8. The van der Waals surface area contributed by atoms with E-state index in [1.165, 1.54) is 0 Å². The summed E-state index contributed by atoms with van der Waals surface area (Å²) in [7, 11) is 0. The minimum Gasteiger partial charge on any atom is -0.325 e. The van der Waals surface area contributed by atoms with Crippen molar-refractivity contribution in [3.63, 3.8) is 0 Å². The summed E-state index contributed by atoms with van der Waals surface area (Å²) in [5.41, 5.74) is 1.75. The first kappa shape index (κ1) is 11.6. The molecule has 2 rings (SSSR count). The summed E-state index contributed by atoms with van der Waals surface area (Å²) >= 11 is 0. The van der Waals surface area contributed by atoms with E-state index < -0.39 is 0 Å². The van der Waals surface area contributed by atoms with Crippen molar-refractivity contribution in [2.24, 2.45) is 0 Å². The van der Waals surface area contributed by atoms with Gasteiger partial charge >= 0.3 is 0 Å². The summed E-state index contributed by atoms with van der Waals surface area (Å²) < 4.78 is 0. The van der Waals surface area contributed by atoms with E-state index in [0.717, 1.165) is 30.6 Å². The highest BCUT2D eigenvalue weighted by Gasteiger charge is 2.21. The van der Waals surface area contributed by atoms with Crippen molar-refractivity contribution in [2.45, 2.75) is 25.3 Å². The first-order valence-electron chi connectivity index (χ1n) is 5.80. The van der Waals surface area contributed by atoms with E-state index in [1.54, 1.807) is 0 Å². The molecule has 1 aliphatic rings. The molecule has 1 saturated heterocycles. The number of benzene rings is 1. The van der Waals surface area contributed by atoms with Gasteiger partial charge in [0.25, 0.3) is 0 Å². The molecule has 1 aromatic carbocycles. The van der Waals surface area contributed by atoms with Crippen molar-refractivity contribution in [2.75, 3.05) is 11.9 Å². The number of carbonyl (C=O) groups excluding carboxylic acids is 1. The maximum Gasteiger partial charge on any atom is 0.241 e. The van der Waals surface area contributed by atoms with Crippen LogP contribution in [-0.4, -0.2) is 18.5 Å². The number of anilines is 1. The molecular weight excluding hydrogens is 214 g/mol. The van der Waals surface area contributed by atoms with E-state index in [4.69, 9.17) is 5.26 Å². The van der Waals surface area contributed by atoms with Crippen molar-refractivity contribution >= 4 is 11.6 Å². The number of rotatable bonds is 3. The zero-order chi connectivity index (χ0) is 12.1. The van der Waals surface area contributed by atoms with Crippen LogP contribution in [0.25, 0.3) is 0 Å². The van der Waals surface area contributed by atoms with Gasteiger partial charge in [-0.1, -0.05) is 12.1 Å². The number of carbonyl (C=O) groups is 1. The second kappa shape index (κ2) is 5.46. The molecule has 17 heavy (non-hydrogen) atoms. The Kier molecular flexibility index (Phi) is 3.73.